The molecule has 0 saturated carbocycles. The SMILES string of the molecule is CCOc1nocc1C(N)=O. The zero-order chi connectivity index (χ0) is 8.27. The Morgan fingerprint density at radius 1 is 1.91 bits per heavy atom. The molecule has 0 aromatic carbocycles. The van der Waals surface area contributed by atoms with Crippen LogP contribution in [-0.2, 0) is 0 Å². The van der Waals surface area contributed by atoms with Crippen molar-refractivity contribution in [3.63, 3.8) is 0 Å². The number of aromatic nitrogens is 1. The summed E-state index contributed by atoms with van der Waals surface area (Å²) < 4.78 is 9.42. The third-order valence-corrected chi connectivity index (χ3v) is 1.08. The fourth-order valence-corrected chi connectivity index (χ4v) is 0.631. The Kier molecular flexibility index (Phi) is 2.10. The molecule has 0 fully saturated rings. The molecule has 11 heavy (non-hydrogen) atoms. The van der Waals surface area contributed by atoms with E-state index < -0.39 is 5.91 Å². The predicted molar refractivity (Wildman–Crippen MR) is 36.2 cm³/mol. The second kappa shape index (κ2) is 3.05. The van der Waals surface area contributed by atoms with Crippen molar-refractivity contribution in [2.24, 2.45) is 5.73 Å². The van der Waals surface area contributed by atoms with Gasteiger partial charge in [0.05, 0.1) is 6.61 Å². The second-order valence-electron chi connectivity index (χ2n) is 1.83. The fraction of sp³-hybridized carbons (Fsp3) is 0.333. The van der Waals surface area contributed by atoms with Gasteiger partial charge in [-0.1, -0.05) is 0 Å². The molecule has 0 aliphatic heterocycles. The highest BCUT2D eigenvalue weighted by Gasteiger charge is 2.12. The number of primary amides is 1. The molecule has 1 aromatic heterocycles. The van der Waals surface area contributed by atoms with Crippen molar-refractivity contribution in [2.75, 3.05) is 6.61 Å². The van der Waals surface area contributed by atoms with E-state index in [1.54, 1.807) is 6.92 Å². The van der Waals surface area contributed by atoms with Crippen LogP contribution in [0.5, 0.6) is 5.88 Å². The summed E-state index contributed by atoms with van der Waals surface area (Å²) in [6.45, 7) is 2.20. The van der Waals surface area contributed by atoms with Gasteiger partial charge in [-0.2, -0.15) is 0 Å². The topological polar surface area (TPSA) is 78.3 Å². The lowest BCUT2D eigenvalue weighted by atomic mass is 10.3. The van der Waals surface area contributed by atoms with Crippen LogP contribution in [0.4, 0.5) is 0 Å². The summed E-state index contributed by atoms with van der Waals surface area (Å²) in [7, 11) is 0. The Hall–Kier alpha value is -1.52. The highest BCUT2D eigenvalue weighted by atomic mass is 16.5. The Balaban J connectivity index is 2.87. The van der Waals surface area contributed by atoms with Gasteiger partial charge in [-0.3, -0.25) is 4.79 Å². The predicted octanol–water partition coefficient (Wildman–Crippen LogP) is 0.172. The molecule has 1 heterocycles. The molecule has 0 bridgehead atoms. The van der Waals surface area contributed by atoms with E-state index in [2.05, 4.69) is 9.68 Å². The first-order chi connectivity index (χ1) is 5.25. The van der Waals surface area contributed by atoms with E-state index in [0.717, 1.165) is 6.26 Å². The molecule has 0 radical (unpaired) electrons. The number of hydrogen-bond donors (Lipinski definition) is 1. The summed E-state index contributed by atoms with van der Waals surface area (Å²) >= 11 is 0. The lowest BCUT2D eigenvalue weighted by Gasteiger charge is -1.96. The molecule has 0 saturated heterocycles. The van der Waals surface area contributed by atoms with Gasteiger partial charge in [0, 0.05) is 0 Å². The maximum absolute atomic E-state index is 10.6. The molecule has 0 aliphatic rings. The number of rotatable bonds is 3. The molecule has 5 nitrogen and oxygen atoms in total. The Bertz CT molecular complexity index is 256. The van der Waals surface area contributed by atoms with E-state index in [-0.39, 0.29) is 11.4 Å². The van der Waals surface area contributed by atoms with Gasteiger partial charge in [0.1, 0.15) is 11.8 Å². The van der Waals surface area contributed by atoms with Gasteiger partial charge >= 0.3 is 0 Å². The third kappa shape index (κ3) is 1.49. The zero-order valence-corrected chi connectivity index (χ0v) is 6.03. The van der Waals surface area contributed by atoms with Crippen LogP contribution in [0.3, 0.4) is 0 Å². The minimum Gasteiger partial charge on any atom is -0.475 e. The molecule has 1 rings (SSSR count). The van der Waals surface area contributed by atoms with Crippen LogP contribution in [-0.4, -0.2) is 17.7 Å². The second-order valence-corrected chi connectivity index (χ2v) is 1.83. The van der Waals surface area contributed by atoms with Crippen LogP contribution < -0.4 is 10.5 Å². The van der Waals surface area contributed by atoms with Crippen molar-refractivity contribution >= 4 is 5.91 Å². The van der Waals surface area contributed by atoms with Gasteiger partial charge in [-0.05, 0) is 12.1 Å². The van der Waals surface area contributed by atoms with E-state index in [0.29, 0.717) is 6.61 Å². The molecule has 1 amide bonds. The van der Waals surface area contributed by atoms with E-state index in [4.69, 9.17) is 10.5 Å². The number of nitrogens with two attached hydrogens (primary N) is 1. The number of ether oxygens (including phenoxy) is 1. The van der Waals surface area contributed by atoms with E-state index in [1.807, 2.05) is 0 Å². The van der Waals surface area contributed by atoms with E-state index >= 15 is 0 Å². The average molecular weight is 156 g/mol. The normalized spacial score (nSPS) is 9.55. The first-order valence-electron chi connectivity index (χ1n) is 3.12. The maximum Gasteiger partial charge on any atom is 0.267 e. The number of carbonyl (C=O) groups is 1. The monoisotopic (exact) mass is 156 g/mol. The van der Waals surface area contributed by atoms with E-state index in [1.165, 1.54) is 0 Å². The first-order valence-corrected chi connectivity index (χ1v) is 3.12. The lowest BCUT2D eigenvalue weighted by molar-refractivity contribution is 0.0996. The molecule has 0 atom stereocenters. The average Bonchev–Trinajstić information content (AvgIpc) is 2.36. The number of nitrogens with zero attached hydrogens (tertiary/aromatic N) is 1. The Morgan fingerprint density at radius 3 is 3.18 bits per heavy atom. The minimum atomic E-state index is -0.602. The molecule has 60 valence electrons. The van der Waals surface area contributed by atoms with Crippen molar-refractivity contribution < 1.29 is 14.1 Å². The van der Waals surface area contributed by atoms with Crippen molar-refractivity contribution in [1.82, 2.24) is 5.16 Å². The van der Waals surface area contributed by atoms with Gasteiger partial charge in [0.2, 0.25) is 0 Å². The molecule has 1 aromatic rings. The van der Waals surface area contributed by atoms with Gasteiger partial charge in [-0.25, -0.2) is 0 Å². The molecular weight excluding hydrogens is 148 g/mol. The Morgan fingerprint density at radius 2 is 2.64 bits per heavy atom. The molecule has 5 heteroatoms. The molecule has 0 unspecified atom stereocenters. The molecular formula is C6H8N2O3. The quantitative estimate of drug-likeness (QED) is 0.676. The number of carbonyl (C=O) groups excluding carboxylic acids is 1. The van der Waals surface area contributed by atoms with Crippen LogP contribution in [0.25, 0.3) is 0 Å². The molecule has 0 spiro atoms. The zero-order valence-electron chi connectivity index (χ0n) is 6.03. The lowest BCUT2D eigenvalue weighted by Crippen LogP contribution is -2.11. The summed E-state index contributed by atoms with van der Waals surface area (Å²) in [4.78, 5) is 10.6. The molecule has 0 aliphatic carbocycles. The van der Waals surface area contributed by atoms with Crippen LogP contribution in [0, 0.1) is 0 Å². The number of hydrogen-bond acceptors (Lipinski definition) is 4. The van der Waals surface area contributed by atoms with Crippen LogP contribution in [0.1, 0.15) is 17.3 Å². The third-order valence-electron chi connectivity index (χ3n) is 1.08. The van der Waals surface area contributed by atoms with Gasteiger partial charge in [0.25, 0.3) is 11.8 Å². The highest BCUT2D eigenvalue weighted by molar-refractivity contribution is 5.94. The largest absolute Gasteiger partial charge is 0.475 e. The van der Waals surface area contributed by atoms with Gasteiger partial charge in [0.15, 0.2) is 0 Å². The Labute approximate surface area is 63.1 Å². The maximum atomic E-state index is 10.6. The van der Waals surface area contributed by atoms with Crippen LogP contribution in [0.2, 0.25) is 0 Å². The summed E-state index contributed by atoms with van der Waals surface area (Å²) in [6.07, 6.45) is 1.16. The van der Waals surface area contributed by atoms with Crippen molar-refractivity contribution in [1.29, 1.82) is 0 Å². The minimum absolute atomic E-state index is 0.153. The van der Waals surface area contributed by atoms with Gasteiger partial charge < -0.3 is 15.0 Å². The van der Waals surface area contributed by atoms with Crippen LogP contribution >= 0.6 is 0 Å². The van der Waals surface area contributed by atoms with Crippen molar-refractivity contribution in [3.8, 4) is 5.88 Å². The summed E-state index contributed by atoms with van der Waals surface area (Å²) in [5.74, 6) is -0.449. The first kappa shape index (κ1) is 7.59. The summed E-state index contributed by atoms with van der Waals surface area (Å²) in [5.41, 5.74) is 5.14. The van der Waals surface area contributed by atoms with Crippen LogP contribution in [0.15, 0.2) is 10.8 Å². The summed E-state index contributed by atoms with van der Waals surface area (Å²) in [6, 6.07) is 0. The smallest absolute Gasteiger partial charge is 0.267 e. The standard InChI is InChI=1S/C6H8N2O3/c1-2-10-6-4(5(7)9)3-11-8-6/h3H,2H2,1H3,(H2,7,9). The highest BCUT2D eigenvalue weighted by Crippen LogP contribution is 2.13. The van der Waals surface area contributed by atoms with Gasteiger partial charge in [-0.15, -0.1) is 0 Å². The van der Waals surface area contributed by atoms with E-state index in [9.17, 15) is 4.79 Å². The summed E-state index contributed by atoms with van der Waals surface area (Å²) in [5, 5.41) is 3.43. The fourth-order valence-electron chi connectivity index (χ4n) is 0.631. The number of amides is 1. The van der Waals surface area contributed by atoms with Crippen molar-refractivity contribution in [3.05, 3.63) is 11.8 Å². The van der Waals surface area contributed by atoms with Crippen molar-refractivity contribution in [2.45, 2.75) is 6.92 Å². The molecule has 2 N–H and O–H groups in total.